The van der Waals surface area contributed by atoms with E-state index in [1.165, 1.54) is 12.1 Å². The van der Waals surface area contributed by atoms with E-state index >= 15 is 0 Å². The molecule has 2 N–H and O–H groups in total. The predicted octanol–water partition coefficient (Wildman–Crippen LogP) is 6.31. The molecule has 3 aromatic carbocycles. The largest absolute Gasteiger partial charge is 0.345 e. The number of nitrogens with one attached hydrogen (secondary N) is 1. The van der Waals surface area contributed by atoms with Crippen molar-refractivity contribution in [2.45, 2.75) is 19.4 Å². The summed E-state index contributed by atoms with van der Waals surface area (Å²) in [4.78, 5) is 13.3. The van der Waals surface area contributed by atoms with Crippen molar-refractivity contribution < 1.29 is 13.6 Å². The molecule has 0 aliphatic carbocycles. The average molecular weight is 592 g/mol. The van der Waals surface area contributed by atoms with Crippen LogP contribution in [0.2, 0.25) is 5.02 Å². The Morgan fingerprint density at radius 3 is 2.54 bits per heavy atom. The Balaban J connectivity index is 1.69. The molecule has 0 aliphatic heterocycles. The van der Waals surface area contributed by atoms with Gasteiger partial charge in [-0.25, -0.2) is 8.51 Å². The normalized spacial score (nSPS) is 12.7. The molecule has 1 heterocycles. The molecule has 11 heteroatoms. The monoisotopic (exact) mass is 590 g/mol. The second kappa shape index (κ2) is 11.4. The van der Waals surface area contributed by atoms with Gasteiger partial charge in [-0.1, -0.05) is 70.0 Å². The van der Waals surface area contributed by atoms with E-state index in [0.29, 0.717) is 17.1 Å². The molecule has 0 bridgehead atoms. The first-order valence-electron chi connectivity index (χ1n) is 10.5. The minimum absolute atomic E-state index is 0.154. The molecule has 0 aliphatic rings. The van der Waals surface area contributed by atoms with E-state index in [-0.39, 0.29) is 23.1 Å². The predicted molar refractivity (Wildman–Crippen MR) is 144 cm³/mol. The van der Waals surface area contributed by atoms with Crippen molar-refractivity contribution in [3.05, 3.63) is 105 Å². The van der Waals surface area contributed by atoms with E-state index in [4.69, 9.17) is 11.6 Å². The summed E-state index contributed by atoms with van der Waals surface area (Å²) >= 11 is 8.03. The standard InChI is InChI=1S/C24H20BrClN4O3S2/c1-15(17-7-9-18(25)10-8-17)27-24(31)20-12-11-19(26)14-22(20)30(35(32)33)23-21(28-34-29-23)13-16-5-3-2-4-6-16/h2-12,14-15H,13H2,1H3,(H,27,31)(H,32,33). The SMILES string of the molecule is CC(NC(=O)c1ccc(Cl)cc1N(c1nsnc1Cc1ccccc1)S(=O)O)c1ccc(Br)cc1. The summed E-state index contributed by atoms with van der Waals surface area (Å²) in [6, 6.07) is 21.4. The van der Waals surface area contributed by atoms with Crippen molar-refractivity contribution in [1.29, 1.82) is 0 Å². The molecule has 1 aromatic heterocycles. The molecule has 180 valence electrons. The van der Waals surface area contributed by atoms with Crippen LogP contribution >= 0.6 is 39.3 Å². The fourth-order valence-electron chi connectivity index (χ4n) is 3.50. The zero-order chi connectivity index (χ0) is 24.9. The highest BCUT2D eigenvalue weighted by molar-refractivity contribution is 9.10. The van der Waals surface area contributed by atoms with Crippen LogP contribution in [0.4, 0.5) is 11.5 Å². The fourth-order valence-corrected chi connectivity index (χ4v) is 5.15. The Hall–Kier alpha value is -2.63. The Morgan fingerprint density at radius 1 is 1.14 bits per heavy atom. The van der Waals surface area contributed by atoms with Gasteiger partial charge >= 0.3 is 0 Å². The lowest BCUT2D eigenvalue weighted by Gasteiger charge is -2.22. The molecular formula is C24H20BrClN4O3S2. The lowest BCUT2D eigenvalue weighted by molar-refractivity contribution is 0.0940. The second-order valence-corrected chi connectivity index (χ2v) is 10.3. The minimum Gasteiger partial charge on any atom is -0.345 e. The van der Waals surface area contributed by atoms with E-state index < -0.39 is 17.2 Å². The number of halogens is 2. The lowest BCUT2D eigenvalue weighted by Crippen LogP contribution is -2.30. The van der Waals surface area contributed by atoms with Crippen LogP contribution < -0.4 is 9.62 Å². The van der Waals surface area contributed by atoms with Gasteiger partial charge in [-0.15, -0.1) is 0 Å². The molecule has 4 aromatic rings. The van der Waals surface area contributed by atoms with Gasteiger partial charge in [0.05, 0.1) is 29.0 Å². The summed E-state index contributed by atoms with van der Waals surface area (Å²) < 4.78 is 33.5. The Bertz CT molecular complexity index is 1350. The van der Waals surface area contributed by atoms with Crippen molar-refractivity contribution in [2.24, 2.45) is 0 Å². The van der Waals surface area contributed by atoms with E-state index in [1.807, 2.05) is 61.5 Å². The van der Waals surface area contributed by atoms with Crippen molar-refractivity contribution in [3.63, 3.8) is 0 Å². The van der Waals surface area contributed by atoms with Gasteiger partial charge in [0.1, 0.15) is 5.69 Å². The number of nitrogens with zero attached hydrogens (tertiary/aromatic N) is 3. The molecule has 0 saturated carbocycles. The number of hydrogen-bond donors (Lipinski definition) is 2. The second-order valence-electron chi connectivity index (χ2n) is 7.63. The summed E-state index contributed by atoms with van der Waals surface area (Å²) in [6.45, 7) is 1.86. The Labute approximate surface area is 223 Å². The van der Waals surface area contributed by atoms with Crippen molar-refractivity contribution in [1.82, 2.24) is 14.1 Å². The quantitative estimate of drug-likeness (QED) is 0.234. The smallest absolute Gasteiger partial charge is 0.268 e. The first kappa shape index (κ1) is 25.5. The van der Waals surface area contributed by atoms with Gasteiger partial charge in [0.2, 0.25) is 0 Å². The summed E-state index contributed by atoms with van der Waals surface area (Å²) in [5.74, 6) is -0.229. The van der Waals surface area contributed by atoms with E-state index in [9.17, 15) is 13.6 Å². The van der Waals surface area contributed by atoms with E-state index in [1.54, 1.807) is 6.07 Å². The molecule has 0 saturated heterocycles. The zero-order valence-corrected chi connectivity index (χ0v) is 22.4. The number of benzene rings is 3. The topological polar surface area (TPSA) is 95.4 Å². The number of amides is 1. The first-order valence-corrected chi connectivity index (χ1v) is 13.4. The first-order chi connectivity index (χ1) is 16.8. The Morgan fingerprint density at radius 2 is 1.86 bits per heavy atom. The number of rotatable bonds is 8. The molecule has 4 rings (SSSR count). The van der Waals surface area contributed by atoms with Gasteiger partial charge in [-0.05, 0) is 48.4 Å². The number of aromatic nitrogens is 2. The van der Waals surface area contributed by atoms with Crippen LogP contribution in [0, 0.1) is 0 Å². The third kappa shape index (κ3) is 6.14. The molecule has 0 fully saturated rings. The van der Waals surface area contributed by atoms with E-state index in [0.717, 1.165) is 31.6 Å². The zero-order valence-electron chi connectivity index (χ0n) is 18.4. The van der Waals surface area contributed by atoms with E-state index in [2.05, 4.69) is 30.0 Å². The third-order valence-corrected chi connectivity index (χ3v) is 7.24. The highest BCUT2D eigenvalue weighted by Gasteiger charge is 2.28. The molecule has 0 radical (unpaired) electrons. The number of carbonyl (C=O) groups excluding carboxylic acids is 1. The summed E-state index contributed by atoms with van der Waals surface area (Å²) in [7, 11) is 0. The highest BCUT2D eigenvalue weighted by atomic mass is 79.9. The molecule has 0 spiro atoms. The summed E-state index contributed by atoms with van der Waals surface area (Å²) in [5, 5.41) is 3.25. The highest BCUT2D eigenvalue weighted by Crippen LogP contribution is 2.34. The number of carbonyl (C=O) groups is 1. The van der Waals surface area contributed by atoms with Gasteiger partial charge in [0, 0.05) is 15.9 Å². The molecule has 7 nitrogen and oxygen atoms in total. The van der Waals surface area contributed by atoms with Crippen molar-refractivity contribution >= 4 is 67.9 Å². The fraction of sp³-hybridized carbons (Fsp3) is 0.125. The summed E-state index contributed by atoms with van der Waals surface area (Å²) in [5.41, 5.74) is 2.73. The molecular weight excluding hydrogens is 572 g/mol. The maximum atomic E-state index is 13.3. The van der Waals surface area contributed by atoms with Crippen molar-refractivity contribution in [3.8, 4) is 0 Å². The molecule has 35 heavy (non-hydrogen) atoms. The van der Waals surface area contributed by atoms with Crippen LogP contribution in [0.15, 0.2) is 77.3 Å². The van der Waals surface area contributed by atoms with Gasteiger partial charge in [-0.2, -0.15) is 8.75 Å². The molecule has 1 amide bonds. The number of hydrogen-bond acceptors (Lipinski definition) is 5. The van der Waals surface area contributed by atoms with Crippen LogP contribution in [0.1, 0.15) is 40.1 Å². The van der Waals surface area contributed by atoms with Crippen LogP contribution in [0.3, 0.4) is 0 Å². The van der Waals surface area contributed by atoms with Gasteiger partial charge in [0.25, 0.3) is 17.2 Å². The average Bonchev–Trinajstić information content (AvgIpc) is 3.27. The molecule has 2 unspecified atom stereocenters. The Kier molecular flexibility index (Phi) is 8.30. The lowest BCUT2D eigenvalue weighted by atomic mass is 10.1. The van der Waals surface area contributed by atoms with Gasteiger partial charge in [-0.3, -0.25) is 9.35 Å². The van der Waals surface area contributed by atoms with Crippen LogP contribution in [-0.4, -0.2) is 23.4 Å². The minimum atomic E-state index is -2.54. The number of anilines is 2. The van der Waals surface area contributed by atoms with Gasteiger partial charge < -0.3 is 5.32 Å². The van der Waals surface area contributed by atoms with Crippen molar-refractivity contribution in [2.75, 3.05) is 4.31 Å². The maximum Gasteiger partial charge on any atom is 0.268 e. The van der Waals surface area contributed by atoms with Crippen LogP contribution in [0.5, 0.6) is 0 Å². The van der Waals surface area contributed by atoms with Gasteiger partial charge in [0.15, 0.2) is 5.82 Å². The summed E-state index contributed by atoms with van der Waals surface area (Å²) in [6.07, 6.45) is 0.406. The van der Waals surface area contributed by atoms with Crippen LogP contribution in [-0.2, 0) is 17.7 Å². The van der Waals surface area contributed by atoms with Crippen LogP contribution in [0.25, 0.3) is 0 Å². The maximum absolute atomic E-state index is 13.3. The molecule has 2 atom stereocenters. The third-order valence-electron chi connectivity index (χ3n) is 5.24.